The minimum atomic E-state index is -0.833. The van der Waals surface area contributed by atoms with Crippen molar-refractivity contribution in [1.82, 2.24) is 10.6 Å². The summed E-state index contributed by atoms with van der Waals surface area (Å²) in [6.07, 6.45) is 1.07. The zero-order chi connectivity index (χ0) is 15.3. The summed E-state index contributed by atoms with van der Waals surface area (Å²) in [4.78, 5) is 23.6. The van der Waals surface area contributed by atoms with E-state index >= 15 is 0 Å². The Labute approximate surface area is 124 Å². The van der Waals surface area contributed by atoms with Crippen molar-refractivity contribution in [2.24, 2.45) is 5.73 Å². The Morgan fingerprint density at radius 1 is 1.24 bits per heavy atom. The molecule has 0 aliphatic carbocycles. The standard InChI is InChI=1S/C15H21N3O3/c1-17-13(19)12-4-2-11(3-5-12)10-18-14(20)15(16)6-8-21-9-7-15/h2-5H,6-10,16H2,1H3,(H,17,19)(H,18,20). The summed E-state index contributed by atoms with van der Waals surface area (Å²) < 4.78 is 5.23. The van der Waals surface area contributed by atoms with E-state index in [-0.39, 0.29) is 11.8 Å². The monoisotopic (exact) mass is 291 g/mol. The van der Waals surface area contributed by atoms with Crippen molar-refractivity contribution in [1.29, 1.82) is 0 Å². The van der Waals surface area contributed by atoms with Gasteiger partial charge in [0.2, 0.25) is 5.91 Å². The third-order valence-electron chi connectivity index (χ3n) is 3.73. The van der Waals surface area contributed by atoms with Crippen LogP contribution in [0.5, 0.6) is 0 Å². The van der Waals surface area contributed by atoms with Gasteiger partial charge in [0, 0.05) is 32.4 Å². The van der Waals surface area contributed by atoms with E-state index in [0.717, 1.165) is 5.56 Å². The van der Waals surface area contributed by atoms with Crippen LogP contribution in [0.4, 0.5) is 0 Å². The molecule has 1 aromatic rings. The van der Waals surface area contributed by atoms with E-state index in [1.165, 1.54) is 0 Å². The van der Waals surface area contributed by atoms with Crippen LogP contribution >= 0.6 is 0 Å². The molecule has 0 saturated carbocycles. The molecule has 0 radical (unpaired) electrons. The zero-order valence-corrected chi connectivity index (χ0v) is 12.1. The van der Waals surface area contributed by atoms with Crippen molar-refractivity contribution < 1.29 is 14.3 Å². The molecule has 0 atom stereocenters. The summed E-state index contributed by atoms with van der Waals surface area (Å²) in [5, 5.41) is 5.41. The third kappa shape index (κ3) is 3.80. The van der Waals surface area contributed by atoms with Gasteiger partial charge >= 0.3 is 0 Å². The molecule has 0 spiro atoms. The summed E-state index contributed by atoms with van der Waals surface area (Å²) in [6.45, 7) is 1.43. The fourth-order valence-corrected chi connectivity index (χ4v) is 2.24. The zero-order valence-electron chi connectivity index (χ0n) is 12.1. The molecule has 6 nitrogen and oxygen atoms in total. The summed E-state index contributed by atoms with van der Waals surface area (Å²) in [6, 6.07) is 7.09. The van der Waals surface area contributed by atoms with Gasteiger partial charge in [-0.1, -0.05) is 12.1 Å². The van der Waals surface area contributed by atoms with Gasteiger partial charge in [-0.2, -0.15) is 0 Å². The predicted octanol–water partition coefficient (Wildman–Crippen LogP) is 0.170. The molecule has 6 heteroatoms. The van der Waals surface area contributed by atoms with Crippen LogP contribution in [0.15, 0.2) is 24.3 Å². The van der Waals surface area contributed by atoms with Gasteiger partial charge in [0.1, 0.15) is 0 Å². The average molecular weight is 291 g/mol. The van der Waals surface area contributed by atoms with E-state index in [1.807, 2.05) is 12.1 Å². The number of hydrogen-bond donors (Lipinski definition) is 3. The second-order valence-corrected chi connectivity index (χ2v) is 5.23. The quantitative estimate of drug-likeness (QED) is 0.737. The molecule has 4 N–H and O–H groups in total. The van der Waals surface area contributed by atoms with Crippen LogP contribution in [0.1, 0.15) is 28.8 Å². The van der Waals surface area contributed by atoms with Crippen molar-refractivity contribution in [2.45, 2.75) is 24.9 Å². The number of nitrogens with one attached hydrogen (secondary N) is 2. The molecule has 21 heavy (non-hydrogen) atoms. The number of amides is 2. The van der Waals surface area contributed by atoms with Gasteiger partial charge in [-0.25, -0.2) is 0 Å². The maximum absolute atomic E-state index is 12.2. The summed E-state index contributed by atoms with van der Waals surface area (Å²) in [7, 11) is 1.59. The number of carbonyl (C=O) groups is 2. The molecule has 1 aliphatic heterocycles. The van der Waals surface area contributed by atoms with Crippen molar-refractivity contribution >= 4 is 11.8 Å². The van der Waals surface area contributed by atoms with Crippen LogP contribution in [0.25, 0.3) is 0 Å². The minimum Gasteiger partial charge on any atom is -0.381 e. The molecule has 1 aromatic carbocycles. The predicted molar refractivity (Wildman–Crippen MR) is 78.7 cm³/mol. The molecule has 1 fully saturated rings. The third-order valence-corrected chi connectivity index (χ3v) is 3.73. The molecule has 0 aromatic heterocycles. The number of rotatable bonds is 4. The molecule has 1 aliphatic rings. The Hall–Kier alpha value is -1.92. The lowest BCUT2D eigenvalue weighted by Crippen LogP contribution is -2.56. The number of benzene rings is 1. The molecule has 2 rings (SSSR count). The lowest BCUT2D eigenvalue weighted by Gasteiger charge is -2.31. The molecule has 0 bridgehead atoms. The van der Waals surface area contributed by atoms with Crippen molar-refractivity contribution in [3.8, 4) is 0 Å². The fourth-order valence-electron chi connectivity index (χ4n) is 2.24. The van der Waals surface area contributed by atoms with Crippen LogP contribution in [-0.2, 0) is 16.1 Å². The minimum absolute atomic E-state index is 0.131. The van der Waals surface area contributed by atoms with E-state index in [9.17, 15) is 9.59 Å². The fraction of sp³-hybridized carbons (Fsp3) is 0.467. The molecule has 2 amide bonds. The average Bonchev–Trinajstić information content (AvgIpc) is 2.53. The number of ether oxygens (including phenoxy) is 1. The van der Waals surface area contributed by atoms with Gasteiger partial charge in [0.05, 0.1) is 5.54 Å². The largest absolute Gasteiger partial charge is 0.381 e. The Balaban J connectivity index is 1.90. The Bertz CT molecular complexity index is 507. The second-order valence-electron chi connectivity index (χ2n) is 5.23. The van der Waals surface area contributed by atoms with Gasteiger partial charge < -0.3 is 21.1 Å². The SMILES string of the molecule is CNC(=O)c1ccc(CNC(=O)C2(N)CCOCC2)cc1. The van der Waals surface area contributed by atoms with Gasteiger partial charge in [-0.15, -0.1) is 0 Å². The topological polar surface area (TPSA) is 93.5 Å². The van der Waals surface area contributed by atoms with Gasteiger partial charge in [-0.3, -0.25) is 9.59 Å². The lowest BCUT2D eigenvalue weighted by molar-refractivity contribution is -0.129. The molecule has 1 heterocycles. The molecule has 0 unspecified atom stereocenters. The maximum Gasteiger partial charge on any atom is 0.251 e. The first-order chi connectivity index (χ1) is 10.0. The Morgan fingerprint density at radius 2 is 1.86 bits per heavy atom. The smallest absolute Gasteiger partial charge is 0.251 e. The first kappa shape index (κ1) is 15.5. The van der Waals surface area contributed by atoms with E-state index in [2.05, 4.69) is 10.6 Å². The summed E-state index contributed by atoms with van der Waals surface area (Å²) in [5.41, 5.74) is 6.78. The number of carbonyl (C=O) groups excluding carboxylic acids is 2. The second kappa shape index (κ2) is 6.69. The van der Waals surface area contributed by atoms with Crippen molar-refractivity contribution in [3.63, 3.8) is 0 Å². The van der Waals surface area contributed by atoms with Gasteiger partial charge in [0.25, 0.3) is 5.91 Å². The van der Waals surface area contributed by atoms with E-state index < -0.39 is 5.54 Å². The van der Waals surface area contributed by atoms with Crippen LogP contribution in [0.3, 0.4) is 0 Å². The van der Waals surface area contributed by atoms with Crippen LogP contribution in [-0.4, -0.2) is 37.6 Å². The van der Waals surface area contributed by atoms with E-state index in [4.69, 9.17) is 10.5 Å². The van der Waals surface area contributed by atoms with E-state index in [1.54, 1.807) is 19.2 Å². The number of hydrogen-bond acceptors (Lipinski definition) is 4. The van der Waals surface area contributed by atoms with Crippen molar-refractivity contribution in [3.05, 3.63) is 35.4 Å². The highest BCUT2D eigenvalue weighted by atomic mass is 16.5. The number of nitrogens with two attached hydrogens (primary N) is 1. The highest BCUT2D eigenvalue weighted by molar-refractivity contribution is 5.94. The Morgan fingerprint density at radius 3 is 2.43 bits per heavy atom. The van der Waals surface area contributed by atoms with Gasteiger partial charge in [0.15, 0.2) is 0 Å². The van der Waals surface area contributed by atoms with E-state index in [0.29, 0.717) is 38.2 Å². The molecular formula is C15H21N3O3. The first-order valence-corrected chi connectivity index (χ1v) is 7.01. The molecule has 114 valence electrons. The van der Waals surface area contributed by atoms with Crippen LogP contribution in [0.2, 0.25) is 0 Å². The van der Waals surface area contributed by atoms with Crippen molar-refractivity contribution in [2.75, 3.05) is 20.3 Å². The highest BCUT2D eigenvalue weighted by Crippen LogP contribution is 2.18. The van der Waals surface area contributed by atoms with Crippen LogP contribution in [0, 0.1) is 0 Å². The lowest BCUT2D eigenvalue weighted by atomic mass is 9.90. The molecular weight excluding hydrogens is 270 g/mol. The highest BCUT2D eigenvalue weighted by Gasteiger charge is 2.35. The van der Waals surface area contributed by atoms with Crippen LogP contribution < -0.4 is 16.4 Å². The normalized spacial score (nSPS) is 17.0. The Kier molecular flexibility index (Phi) is 4.93. The summed E-state index contributed by atoms with van der Waals surface area (Å²) in [5.74, 6) is -0.283. The first-order valence-electron chi connectivity index (χ1n) is 7.01. The molecule has 1 saturated heterocycles. The summed E-state index contributed by atoms with van der Waals surface area (Å²) >= 11 is 0. The maximum atomic E-state index is 12.2. The van der Waals surface area contributed by atoms with Gasteiger partial charge in [-0.05, 0) is 30.5 Å².